The van der Waals surface area contributed by atoms with Crippen LogP contribution in [0.4, 0.5) is 0 Å². The number of aryl methyl sites for hydroxylation is 1. The summed E-state index contributed by atoms with van der Waals surface area (Å²) in [5.41, 5.74) is 1.97. The number of ketones is 1. The van der Waals surface area contributed by atoms with Gasteiger partial charge in [-0.15, -0.1) is 0 Å². The van der Waals surface area contributed by atoms with Crippen molar-refractivity contribution >= 4 is 32.6 Å². The Hall–Kier alpha value is -1.13. The number of hydrogen-bond acceptors (Lipinski definition) is 2. The van der Waals surface area contributed by atoms with E-state index in [4.69, 9.17) is 0 Å². The van der Waals surface area contributed by atoms with Crippen LogP contribution in [0, 0.1) is 0 Å². The zero-order valence-corrected chi connectivity index (χ0v) is 12.5. The van der Waals surface area contributed by atoms with Crippen LogP contribution in [0.15, 0.2) is 28.9 Å². The van der Waals surface area contributed by atoms with E-state index in [1.165, 1.54) is 0 Å². The number of halogens is 1. The highest BCUT2D eigenvalue weighted by atomic mass is 79.9. The lowest BCUT2D eigenvalue weighted by molar-refractivity contribution is 0.0954. The first-order chi connectivity index (χ1) is 9.20. The van der Waals surface area contributed by atoms with Gasteiger partial charge >= 0.3 is 0 Å². The molecular formula is C15H17BrN2O. The highest BCUT2D eigenvalue weighted by molar-refractivity contribution is 9.10. The predicted octanol–water partition coefficient (Wildman–Crippen LogP) is 3.36. The third kappa shape index (κ3) is 2.23. The molecule has 0 bridgehead atoms. The van der Waals surface area contributed by atoms with Gasteiger partial charge < -0.3 is 9.88 Å². The summed E-state index contributed by atoms with van der Waals surface area (Å²) in [7, 11) is 0. The summed E-state index contributed by atoms with van der Waals surface area (Å²) in [6, 6.07) is 6.12. The molecule has 1 aliphatic heterocycles. The average Bonchev–Trinajstić information content (AvgIpc) is 3.05. The maximum absolute atomic E-state index is 12.6. The van der Waals surface area contributed by atoms with E-state index in [2.05, 4.69) is 38.8 Å². The summed E-state index contributed by atoms with van der Waals surface area (Å²) in [6.07, 6.45) is 4.04. The first kappa shape index (κ1) is 12.9. The SMILES string of the molecule is CCn1cc(C(=O)C2CCCN2)c2ccc(Br)cc21. The lowest BCUT2D eigenvalue weighted by Gasteiger charge is -2.07. The van der Waals surface area contributed by atoms with Gasteiger partial charge in [-0.3, -0.25) is 4.79 Å². The van der Waals surface area contributed by atoms with E-state index in [1.54, 1.807) is 0 Å². The number of rotatable bonds is 3. The third-order valence-electron chi connectivity index (χ3n) is 3.83. The van der Waals surface area contributed by atoms with Crippen LogP contribution in [0.2, 0.25) is 0 Å². The standard InChI is InChI=1S/C15H17BrN2O/c1-2-18-9-12(15(19)13-4-3-7-17-13)11-6-5-10(16)8-14(11)18/h5-6,8-9,13,17H,2-4,7H2,1H3. The van der Waals surface area contributed by atoms with Gasteiger partial charge in [0, 0.05) is 33.7 Å². The number of nitrogens with one attached hydrogen (secondary N) is 1. The van der Waals surface area contributed by atoms with Crippen LogP contribution in [0.1, 0.15) is 30.1 Å². The zero-order chi connectivity index (χ0) is 13.4. The average molecular weight is 321 g/mol. The van der Waals surface area contributed by atoms with Crippen molar-refractivity contribution in [1.82, 2.24) is 9.88 Å². The number of fused-ring (bicyclic) bond motifs is 1. The molecule has 3 rings (SSSR count). The molecule has 0 radical (unpaired) electrons. The van der Waals surface area contributed by atoms with Crippen LogP contribution in [-0.2, 0) is 6.54 Å². The van der Waals surface area contributed by atoms with Crippen molar-refractivity contribution in [1.29, 1.82) is 0 Å². The van der Waals surface area contributed by atoms with Crippen molar-refractivity contribution in [3.05, 3.63) is 34.4 Å². The summed E-state index contributed by atoms with van der Waals surface area (Å²) >= 11 is 3.50. The van der Waals surface area contributed by atoms with Gasteiger partial charge in [0.05, 0.1) is 6.04 Å². The van der Waals surface area contributed by atoms with Gasteiger partial charge in [0.15, 0.2) is 5.78 Å². The Labute approximate surface area is 121 Å². The fourth-order valence-electron chi connectivity index (χ4n) is 2.82. The molecule has 0 spiro atoms. The molecule has 1 fully saturated rings. The van der Waals surface area contributed by atoms with Crippen LogP contribution in [0.5, 0.6) is 0 Å². The van der Waals surface area contributed by atoms with Gasteiger partial charge in [-0.2, -0.15) is 0 Å². The fraction of sp³-hybridized carbons (Fsp3) is 0.400. The van der Waals surface area contributed by atoms with E-state index >= 15 is 0 Å². The topological polar surface area (TPSA) is 34.0 Å². The number of Topliss-reactive ketones (excluding diaryl/α,β-unsaturated/α-hetero) is 1. The van der Waals surface area contributed by atoms with E-state index < -0.39 is 0 Å². The minimum Gasteiger partial charge on any atom is -0.347 e. The summed E-state index contributed by atoms with van der Waals surface area (Å²) in [5.74, 6) is 0.233. The fourth-order valence-corrected chi connectivity index (χ4v) is 3.17. The molecule has 2 aromatic rings. The van der Waals surface area contributed by atoms with Crippen LogP contribution in [0.25, 0.3) is 10.9 Å². The maximum atomic E-state index is 12.6. The quantitative estimate of drug-likeness (QED) is 0.880. The molecular weight excluding hydrogens is 304 g/mol. The molecule has 19 heavy (non-hydrogen) atoms. The molecule has 1 aliphatic rings. The minimum absolute atomic E-state index is 0.000414. The van der Waals surface area contributed by atoms with Crippen molar-refractivity contribution in [2.24, 2.45) is 0 Å². The van der Waals surface area contributed by atoms with Crippen molar-refractivity contribution in [2.45, 2.75) is 32.4 Å². The molecule has 1 aromatic heterocycles. The lowest BCUT2D eigenvalue weighted by atomic mass is 10.0. The van der Waals surface area contributed by atoms with E-state index in [9.17, 15) is 4.79 Å². The van der Waals surface area contributed by atoms with Gasteiger partial charge in [-0.1, -0.05) is 22.0 Å². The van der Waals surface area contributed by atoms with E-state index in [0.717, 1.165) is 46.9 Å². The second-order valence-corrected chi connectivity index (χ2v) is 5.92. The molecule has 4 heteroatoms. The summed E-state index contributed by atoms with van der Waals surface area (Å²) in [4.78, 5) is 12.6. The molecule has 0 saturated carbocycles. The normalized spacial score (nSPS) is 19.2. The van der Waals surface area contributed by atoms with Crippen LogP contribution in [-0.4, -0.2) is 22.9 Å². The van der Waals surface area contributed by atoms with Gasteiger partial charge in [0.1, 0.15) is 0 Å². The molecule has 0 amide bonds. The molecule has 2 heterocycles. The van der Waals surface area contributed by atoms with Crippen LogP contribution in [0.3, 0.4) is 0 Å². The Balaban J connectivity index is 2.10. The highest BCUT2D eigenvalue weighted by Crippen LogP contribution is 2.27. The van der Waals surface area contributed by atoms with Gasteiger partial charge in [0.25, 0.3) is 0 Å². The predicted molar refractivity (Wildman–Crippen MR) is 80.7 cm³/mol. The Morgan fingerprint density at radius 1 is 1.53 bits per heavy atom. The number of carbonyl (C=O) groups excluding carboxylic acids is 1. The molecule has 100 valence electrons. The largest absolute Gasteiger partial charge is 0.347 e. The summed E-state index contributed by atoms with van der Waals surface area (Å²) in [5, 5.41) is 4.35. The number of aromatic nitrogens is 1. The van der Waals surface area contributed by atoms with Crippen molar-refractivity contribution < 1.29 is 4.79 Å². The Kier molecular flexibility index (Phi) is 3.46. The molecule has 1 unspecified atom stereocenters. The number of hydrogen-bond donors (Lipinski definition) is 1. The molecule has 1 atom stereocenters. The monoisotopic (exact) mass is 320 g/mol. The Bertz CT molecular complexity index is 626. The number of carbonyl (C=O) groups is 1. The Morgan fingerprint density at radius 2 is 2.37 bits per heavy atom. The Morgan fingerprint density at radius 3 is 3.05 bits per heavy atom. The number of benzene rings is 1. The van der Waals surface area contributed by atoms with Crippen LogP contribution >= 0.6 is 15.9 Å². The van der Waals surface area contributed by atoms with Crippen molar-refractivity contribution in [3.63, 3.8) is 0 Å². The van der Waals surface area contributed by atoms with E-state index in [0.29, 0.717) is 0 Å². The van der Waals surface area contributed by atoms with Gasteiger partial charge in [-0.25, -0.2) is 0 Å². The molecule has 1 saturated heterocycles. The maximum Gasteiger partial charge on any atom is 0.181 e. The summed E-state index contributed by atoms with van der Waals surface area (Å²) in [6.45, 7) is 3.93. The minimum atomic E-state index is -0.000414. The lowest BCUT2D eigenvalue weighted by Crippen LogP contribution is -2.30. The second kappa shape index (κ2) is 5.10. The molecule has 1 N–H and O–H groups in total. The third-order valence-corrected chi connectivity index (χ3v) is 4.32. The van der Waals surface area contributed by atoms with Gasteiger partial charge in [0.2, 0.25) is 0 Å². The summed E-state index contributed by atoms with van der Waals surface area (Å²) < 4.78 is 3.19. The number of nitrogens with zero attached hydrogens (tertiary/aromatic N) is 1. The van der Waals surface area contributed by atoms with Crippen molar-refractivity contribution in [2.75, 3.05) is 6.54 Å². The van der Waals surface area contributed by atoms with Gasteiger partial charge in [-0.05, 0) is 38.4 Å². The zero-order valence-electron chi connectivity index (χ0n) is 10.9. The molecule has 1 aromatic carbocycles. The smallest absolute Gasteiger partial charge is 0.181 e. The van der Waals surface area contributed by atoms with Crippen molar-refractivity contribution in [3.8, 4) is 0 Å². The first-order valence-electron chi connectivity index (χ1n) is 6.76. The molecule has 0 aliphatic carbocycles. The van der Waals surface area contributed by atoms with E-state index in [-0.39, 0.29) is 11.8 Å². The highest BCUT2D eigenvalue weighted by Gasteiger charge is 2.25. The van der Waals surface area contributed by atoms with E-state index in [1.807, 2.05) is 18.3 Å². The second-order valence-electron chi connectivity index (χ2n) is 5.00. The first-order valence-corrected chi connectivity index (χ1v) is 7.56. The molecule has 3 nitrogen and oxygen atoms in total. The van der Waals surface area contributed by atoms with Crippen LogP contribution < -0.4 is 5.32 Å².